The number of nitrogens with zero attached hydrogens (tertiary/aromatic N) is 3. The molecule has 1 aliphatic carbocycles. The monoisotopic (exact) mass is 579 g/mol. The van der Waals surface area contributed by atoms with Crippen LogP contribution in [0, 0.1) is 0 Å². The second kappa shape index (κ2) is 11.2. The van der Waals surface area contributed by atoms with Crippen LogP contribution in [0.4, 0.5) is 10.7 Å². The second-order valence-corrected chi connectivity index (χ2v) is 13.2. The maximum absolute atomic E-state index is 12.7. The van der Waals surface area contributed by atoms with Crippen molar-refractivity contribution in [3.05, 3.63) is 87.8 Å². The molecule has 0 bridgehead atoms. The van der Waals surface area contributed by atoms with E-state index in [0.29, 0.717) is 27.5 Å². The van der Waals surface area contributed by atoms with Gasteiger partial charge in [0.2, 0.25) is 0 Å². The Kier molecular flexibility index (Phi) is 7.68. The van der Waals surface area contributed by atoms with Gasteiger partial charge in [-0.05, 0) is 64.9 Å². The smallest absolute Gasteiger partial charge is 0.313 e. The molecule has 40 heavy (non-hydrogen) atoms. The Hall–Kier alpha value is -4.10. The third-order valence-electron chi connectivity index (χ3n) is 7.20. The van der Waals surface area contributed by atoms with Gasteiger partial charge in [-0.3, -0.25) is 10.1 Å². The maximum atomic E-state index is 12.7. The standard InChI is InChI=1S/C27H29N7O4S2/c1-40(37,38)23-16-15-22(39-23)27(30-25(28)36,20-11-7-18(8-12-20)17-5-3-2-4-6-17)21-13-9-19(10-14-21)24(35)29-26-31-33-34-32-26/h7-17H,2-6H2,1H3,(H3,28,30,36)(H2,29,31,32,33,34,35). The molecule has 5 rings (SSSR count). The Morgan fingerprint density at radius 2 is 1.62 bits per heavy atom. The fraction of sp³-hybridized carbons (Fsp3) is 0.296. The first-order valence-corrected chi connectivity index (χ1v) is 15.5. The highest BCUT2D eigenvalue weighted by molar-refractivity contribution is 7.92. The number of thiophene rings is 1. The number of aromatic amines is 1. The molecule has 4 aromatic rings. The van der Waals surface area contributed by atoms with E-state index in [1.54, 1.807) is 30.3 Å². The average molecular weight is 580 g/mol. The van der Waals surface area contributed by atoms with Gasteiger partial charge in [-0.15, -0.1) is 16.4 Å². The number of hydrogen-bond donors (Lipinski definition) is 4. The van der Waals surface area contributed by atoms with Crippen LogP contribution in [0.5, 0.6) is 0 Å². The molecule has 11 nitrogen and oxygen atoms in total. The van der Waals surface area contributed by atoms with E-state index < -0.39 is 27.3 Å². The lowest BCUT2D eigenvalue weighted by molar-refractivity contribution is 0.102. The van der Waals surface area contributed by atoms with Gasteiger partial charge in [0.15, 0.2) is 9.84 Å². The summed E-state index contributed by atoms with van der Waals surface area (Å²) in [5, 5.41) is 18.6. The number of aromatic nitrogens is 4. The van der Waals surface area contributed by atoms with E-state index >= 15 is 0 Å². The van der Waals surface area contributed by atoms with Crippen molar-refractivity contribution >= 4 is 39.1 Å². The summed E-state index contributed by atoms with van der Waals surface area (Å²) < 4.78 is 24.9. The van der Waals surface area contributed by atoms with Gasteiger partial charge in [0.25, 0.3) is 11.9 Å². The van der Waals surface area contributed by atoms with Gasteiger partial charge >= 0.3 is 6.03 Å². The molecule has 0 saturated heterocycles. The number of carbonyl (C=O) groups excluding carboxylic acids is 2. The van der Waals surface area contributed by atoms with E-state index in [1.807, 2.05) is 12.1 Å². The van der Waals surface area contributed by atoms with E-state index in [2.05, 4.69) is 43.4 Å². The Bertz CT molecular complexity index is 1600. The molecule has 1 aliphatic rings. The minimum atomic E-state index is -3.50. The topological polar surface area (TPSA) is 173 Å². The van der Waals surface area contributed by atoms with Gasteiger partial charge in [-0.25, -0.2) is 13.2 Å². The number of primary amides is 1. The minimum absolute atomic E-state index is 0.0313. The number of anilines is 1. The van der Waals surface area contributed by atoms with E-state index in [1.165, 1.54) is 30.9 Å². The summed E-state index contributed by atoms with van der Waals surface area (Å²) in [6.07, 6.45) is 7.08. The molecule has 5 N–H and O–H groups in total. The molecule has 2 aromatic heterocycles. The number of amides is 3. The van der Waals surface area contributed by atoms with Crippen molar-refractivity contribution in [3.8, 4) is 0 Å². The number of rotatable bonds is 8. The largest absolute Gasteiger partial charge is 0.352 e. The van der Waals surface area contributed by atoms with Crippen LogP contribution >= 0.6 is 11.3 Å². The fourth-order valence-electron chi connectivity index (χ4n) is 5.26. The number of nitrogens with one attached hydrogen (secondary N) is 3. The lowest BCUT2D eigenvalue weighted by atomic mass is 9.79. The van der Waals surface area contributed by atoms with Crippen LogP contribution in [0.15, 0.2) is 64.9 Å². The predicted octanol–water partition coefficient (Wildman–Crippen LogP) is 3.92. The number of H-pyrrole nitrogens is 1. The van der Waals surface area contributed by atoms with Crippen molar-refractivity contribution in [2.45, 2.75) is 47.8 Å². The summed E-state index contributed by atoms with van der Waals surface area (Å²) in [6.45, 7) is 0. The first-order chi connectivity index (χ1) is 19.2. The number of benzene rings is 2. The van der Waals surface area contributed by atoms with Crippen LogP contribution in [0.25, 0.3) is 0 Å². The zero-order valence-corrected chi connectivity index (χ0v) is 23.4. The van der Waals surface area contributed by atoms with Crippen molar-refractivity contribution in [1.82, 2.24) is 25.9 Å². The third-order valence-corrected chi connectivity index (χ3v) is 10.2. The number of tetrazole rings is 1. The molecular weight excluding hydrogens is 550 g/mol. The Balaban J connectivity index is 1.61. The van der Waals surface area contributed by atoms with E-state index in [0.717, 1.165) is 30.4 Å². The van der Waals surface area contributed by atoms with Gasteiger partial charge in [-0.1, -0.05) is 60.8 Å². The highest BCUT2D eigenvalue weighted by Crippen LogP contribution is 2.42. The quantitative estimate of drug-likeness (QED) is 0.245. The van der Waals surface area contributed by atoms with Gasteiger partial charge in [-0.2, -0.15) is 5.21 Å². The average Bonchev–Trinajstić information content (AvgIpc) is 3.65. The molecule has 2 aromatic carbocycles. The number of sulfone groups is 1. The van der Waals surface area contributed by atoms with Crippen LogP contribution in [0.1, 0.15) is 69.9 Å². The van der Waals surface area contributed by atoms with Crippen molar-refractivity contribution in [2.24, 2.45) is 5.73 Å². The second-order valence-electron chi connectivity index (χ2n) is 9.85. The highest BCUT2D eigenvalue weighted by atomic mass is 32.2. The first-order valence-electron chi connectivity index (χ1n) is 12.8. The van der Waals surface area contributed by atoms with Crippen molar-refractivity contribution < 1.29 is 18.0 Å². The molecule has 0 spiro atoms. The number of urea groups is 1. The summed E-state index contributed by atoms with van der Waals surface area (Å²) in [4.78, 5) is 25.8. The SMILES string of the molecule is CS(=O)(=O)c1ccc(C(NC(N)=O)(c2ccc(C(=O)Nc3nn[nH]n3)cc2)c2ccc(C3CCCCC3)cc2)s1. The van der Waals surface area contributed by atoms with Gasteiger partial charge in [0, 0.05) is 16.7 Å². The van der Waals surface area contributed by atoms with Crippen LogP contribution in [-0.2, 0) is 15.4 Å². The fourth-order valence-corrected chi connectivity index (χ4v) is 7.38. The Morgan fingerprint density at radius 1 is 0.975 bits per heavy atom. The van der Waals surface area contributed by atoms with Crippen molar-refractivity contribution in [1.29, 1.82) is 0 Å². The minimum Gasteiger partial charge on any atom is -0.352 e. The summed E-state index contributed by atoms with van der Waals surface area (Å²) in [7, 11) is -3.50. The molecule has 0 aliphatic heterocycles. The number of nitrogens with two attached hydrogens (primary N) is 1. The zero-order valence-electron chi connectivity index (χ0n) is 21.8. The molecular formula is C27H29N7O4S2. The van der Waals surface area contributed by atoms with E-state index in [4.69, 9.17) is 5.73 Å². The van der Waals surface area contributed by atoms with Gasteiger partial charge in [0.1, 0.15) is 9.75 Å². The van der Waals surface area contributed by atoms with Crippen molar-refractivity contribution in [2.75, 3.05) is 11.6 Å². The summed E-state index contributed by atoms with van der Waals surface area (Å²) in [5.41, 5.74) is 7.27. The normalized spacial score (nSPS) is 15.7. The lowest BCUT2D eigenvalue weighted by Crippen LogP contribution is -2.49. The van der Waals surface area contributed by atoms with Crippen LogP contribution < -0.4 is 16.4 Å². The number of hydrogen-bond acceptors (Lipinski definition) is 8. The van der Waals surface area contributed by atoms with Crippen LogP contribution in [0.2, 0.25) is 0 Å². The van der Waals surface area contributed by atoms with Gasteiger partial charge < -0.3 is 11.1 Å². The maximum Gasteiger partial charge on any atom is 0.313 e. The number of carbonyl (C=O) groups is 2. The van der Waals surface area contributed by atoms with Crippen molar-refractivity contribution in [3.63, 3.8) is 0 Å². The molecule has 208 valence electrons. The molecule has 13 heteroatoms. The molecule has 0 radical (unpaired) electrons. The summed E-state index contributed by atoms with van der Waals surface area (Å²) in [5.74, 6) is 0.0642. The van der Waals surface area contributed by atoms with E-state index in [-0.39, 0.29) is 10.2 Å². The molecule has 1 fully saturated rings. The molecule has 1 unspecified atom stereocenters. The predicted molar refractivity (Wildman–Crippen MR) is 151 cm³/mol. The summed E-state index contributed by atoms with van der Waals surface area (Å²) in [6, 6.07) is 17.1. The van der Waals surface area contributed by atoms with E-state index in [9.17, 15) is 18.0 Å². The van der Waals surface area contributed by atoms with Crippen LogP contribution in [-0.4, -0.2) is 47.2 Å². The third kappa shape index (κ3) is 5.61. The zero-order chi connectivity index (χ0) is 28.3. The van der Waals surface area contributed by atoms with Gasteiger partial charge in [0.05, 0.1) is 0 Å². The Labute approximate surface area is 235 Å². The molecule has 3 amide bonds. The molecule has 1 saturated carbocycles. The molecule has 1 atom stereocenters. The highest BCUT2D eigenvalue weighted by Gasteiger charge is 2.40. The Morgan fingerprint density at radius 3 is 2.17 bits per heavy atom. The first kappa shape index (κ1) is 27.5. The summed E-state index contributed by atoms with van der Waals surface area (Å²) >= 11 is 1.06. The molecule has 2 heterocycles. The van der Waals surface area contributed by atoms with Crippen LogP contribution in [0.3, 0.4) is 0 Å². The lowest BCUT2D eigenvalue weighted by Gasteiger charge is -2.35.